The molecule has 1 fully saturated rings. The van der Waals surface area contributed by atoms with Crippen LogP contribution in [0, 0.1) is 20.8 Å². The quantitative estimate of drug-likeness (QED) is 0.359. The number of amides is 2. The van der Waals surface area contributed by atoms with Crippen molar-refractivity contribution < 1.29 is 19.1 Å². The summed E-state index contributed by atoms with van der Waals surface area (Å²) in [5, 5.41) is 4.31. The first-order valence-electron chi connectivity index (χ1n) is 10.9. The van der Waals surface area contributed by atoms with Crippen LogP contribution in [0.25, 0.3) is 6.08 Å². The van der Waals surface area contributed by atoms with Crippen LogP contribution in [0.4, 0.5) is 5.69 Å². The maximum atomic E-state index is 13.1. The zero-order valence-electron chi connectivity index (χ0n) is 19.8. The number of anilines is 1. The Morgan fingerprint density at radius 1 is 1.03 bits per heavy atom. The van der Waals surface area contributed by atoms with Crippen molar-refractivity contribution in [2.75, 3.05) is 24.0 Å². The number of aryl methyl sites for hydroxylation is 3. The summed E-state index contributed by atoms with van der Waals surface area (Å²) in [6.07, 6.45) is 1.77. The van der Waals surface area contributed by atoms with Gasteiger partial charge >= 0.3 is 0 Å². The number of aromatic nitrogens is 1. The largest absolute Gasteiger partial charge is 0.493 e. The van der Waals surface area contributed by atoms with Crippen LogP contribution in [-0.2, 0) is 9.59 Å². The van der Waals surface area contributed by atoms with Gasteiger partial charge in [-0.05, 0) is 81.0 Å². The van der Waals surface area contributed by atoms with Crippen molar-refractivity contribution in [1.29, 1.82) is 0 Å². The summed E-state index contributed by atoms with van der Waals surface area (Å²) in [4.78, 5) is 25.9. The third-order valence-corrected chi connectivity index (χ3v) is 6.67. The van der Waals surface area contributed by atoms with Crippen LogP contribution >= 0.6 is 24.0 Å². The summed E-state index contributed by atoms with van der Waals surface area (Å²) in [5.74, 6) is 0.415. The molecule has 0 atom stereocenters. The van der Waals surface area contributed by atoms with Gasteiger partial charge in [-0.1, -0.05) is 35.5 Å². The van der Waals surface area contributed by atoms with E-state index in [2.05, 4.69) is 5.32 Å². The van der Waals surface area contributed by atoms with Gasteiger partial charge in [0.1, 0.15) is 0 Å². The first-order valence-corrected chi connectivity index (χ1v) is 12.1. The molecule has 4 rings (SSSR count). The molecule has 1 N–H and O–H groups in total. The molecule has 0 aliphatic carbocycles. The minimum absolute atomic E-state index is 0.169. The fourth-order valence-electron chi connectivity index (χ4n) is 3.63. The smallest absolute Gasteiger partial charge is 0.285 e. The molecule has 0 bridgehead atoms. The van der Waals surface area contributed by atoms with E-state index in [0.29, 0.717) is 26.4 Å². The molecule has 0 spiro atoms. The van der Waals surface area contributed by atoms with Crippen molar-refractivity contribution in [2.24, 2.45) is 0 Å². The Hall–Kier alpha value is -3.56. The van der Waals surface area contributed by atoms with Crippen molar-refractivity contribution in [3.8, 4) is 11.5 Å². The molecular formula is C26H25N3O4S2. The molecule has 7 nitrogen and oxygen atoms in total. The number of hydrogen-bond donors (Lipinski definition) is 1. The molecule has 0 saturated carbocycles. The molecular weight excluding hydrogens is 482 g/mol. The van der Waals surface area contributed by atoms with Gasteiger partial charge in [0, 0.05) is 17.1 Å². The number of thiocarbonyl (C=S) groups is 1. The molecule has 9 heteroatoms. The van der Waals surface area contributed by atoms with E-state index in [4.69, 9.17) is 21.7 Å². The normalized spacial score (nSPS) is 14.5. The molecule has 1 aliphatic rings. The van der Waals surface area contributed by atoms with E-state index in [9.17, 15) is 9.59 Å². The molecule has 1 aromatic heterocycles. The number of rotatable bonds is 7. The van der Waals surface area contributed by atoms with Gasteiger partial charge < -0.3 is 14.8 Å². The predicted octanol–water partition coefficient (Wildman–Crippen LogP) is 4.98. The topological polar surface area (TPSA) is 72.8 Å². The Kier molecular flexibility index (Phi) is 7.28. The minimum Gasteiger partial charge on any atom is -0.493 e. The molecule has 0 radical (unpaired) electrons. The van der Waals surface area contributed by atoms with E-state index >= 15 is 0 Å². The molecule has 0 unspecified atom stereocenters. The van der Waals surface area contributed by atoms with Crippen LogP contribution < -0.4 is 19.8 Å². The third-order valence-electron chi connectivity index (χ3n) is 5.39. The minimum atomic E-state index is -0.278. The third kappa shape index (κ3) is 5.41. The van der Waals surface area contributed by atoms with Gasteiger partial charge in [0.05, 0.1) is 12.0 Å². The number of thioether (sulfide) groups is 1. The molecule has 2 aromatic carbocycles. The van der Waals surface area contributed by atoms with Crippen molar-refractivity contribution in [1.82, 2.24) is 4.68 Å². The van der Waals surface area contributed by atoms with E-state index in [-0.39, 0.29) is 18.4 Å². The zero-order chi connectivity index (χ0) is 25.1. The molecule has 1 saturated heterocycles. The molecule has 3 aromatic rings. The Balaban J connectivity index is 1.46. The van der Waals surface area contributed by atoms with Crippen LogP contribution in [0.1, 0.15) is 22.5 Å². The number of ether oxygens (including phenoxy) is 2. The van der Waals surface area contributed by atoms with Crippen LogP contribution in [0.3, 0.4) is 0 Å². The second-order valence-electron chi connectivity index (χ2n) is 8.03. The maximum absolute atomic E-state index is 13.1. The van der Waals surface area contributed by atoms with E-state index in [1.54, 1.807) is 24.3 Å². The van der Waals surface area contributed by atoms with Crippen molar-refractivity contribution in [2.45, 2.75) is 20.8 Å². The number of nitrogens with one attached hydrogen (secondary N) is 1. The number of hydrogen-bond acceptors (Lipinski definition) is 6. The monoisotopic (exact) mass is 507 g/mol. The lowest BCUT2D eigenvalue weighted by molar-refractivity contribution is -0.118. The lowest BCUT2D eigenvalue weighted by Crippen LogP contribution is -2.39. The highest BCUT2D eigenvalue weighted by molar-refractivity contribution is 8.27. The average molecular weight is 508 g/mol. The summed E-state index contributed by atoms with van der Waals surface area (Å²) < 4.78 is 13.4. The molecule has 2 amide bonds. The van der Waals surface area contributed by atoms with Crippen LogP contribution in [0.2, 0.25) is 0 Å². The highest BCUT2D eigenvalue weighted by atomic mass is 32.2. The zero-order valence-corrected chi connectivity index (χ0v) is 21.5. The molecule has 180 valence electrons. The summed E-state index contributed by atoms with van der Waals surface area (Å²) >= 11 is 6.73. The second-order valence-corrected chi connectivity index (χ2v) is 9.71. The second kappa shape index (κ2) is 10.4. The highest BCUT2D eigenvalue weighted by Crippen LogP contribution is 2.35. The number of methoxy groups -OCH3 is 1. The SMILES string of the molecule is COc1cc(/C=C2\SC(=S)N(n3c(C)ccc3C)C2=O)ccc1OCC(=O)Nc1ccc(C)cc1. The lowest BCUT2D eigenvalue weighted by Gasteiger charge is -2.20. The summed E-state index contributed by atoms with van der Waals surface area (Å²) in [6, 6.07) is 16.7. The molecule has 35 heavy (non-hydrogen) atoms. The van der Waals surface area contributed by atoms with E-state index < -0.39 is 0 Å². The highest BCUT2D eigenvalue weighted by Gasteiger charge is 2.34. The maximum Gasteiger partial charge on any atom is 0.285 e. The van der Waals surface area contributed by atoms with Gasteiger partial charge in [0.2, 0.25) is 0 Å². The van der Waals surface area contributed by atoms with Crippen LogP contribution in [-0.4, -0.2) is 34.5 Å². The van der Waals surface area contributed by atoms with Gasteiger partial charge in [-0.2, -0.15) is 5.01 Å². The summed E-state index contributed by atoms with van der Waals surface area (Å²) in [7, 11) is 1.52. The molecule has 1 aliphatic heterocycles. The number of carbonyl (C=O) groups excluding carboxylic acids is 2. The fraction of sp³-hybridized carbons (Fsp3) is 0.192. The summed E-state index contributed by atoms with van der Waals surface area (Å²) in [5.41, 5.74) is 4.42. The van der Waals surface area contributed by atoms with Gasteiger partial charge in [0.25, 0.3) is 11.8 Å². The number of benzene rings is 2. The van der Waals surface area contributed by atoms with E-state index in [1.807, 2.05) is 61.8 Å². The molecule has 2 heterocycles. The van der Waals surface area contributed by atoms with Crippen molar-refractivity contribution in [3.63, 3.8) is 0 Å². The van der Waals surface area contributed by atoms with Crippen molar-refractivity contribution in [3.05, 3.63) is 82.0 Å². The fourth-order valence-corrected chi connectivity index (χ4v) is 4.87. The Morgan fingerprint density at radius 2 is 1.71 bits per heavy atom. The Labute approximate surface area is 213 Å². The van der Waals surface area contributed by atoms with Gasteiger partial charge in [0.15, 0.2) is 22.4 Å². The standard InChI is InChI=1S/C26H25N3O4S2/c1-16-5-10-20(11-6-16)27-24(30)15-33-21-12-9-19(13-22(21)32-4)14-23-25(31)29(26(34)35-23)28-17(2)7-8-18(28)3/h5-14H,15H2,1-4H3,(H,27,30)/b23-14-. The van der Waals surface area contributed by atoms with Gasteiger partial charge in [-0.3, -0.25) is 14.3 Å². The predicted molar refractivity (Wildman–Crippen MR) is 144 cm³/mol. The Bertz CT molecular complexity index is 1310. The van der Waals surface area contributed by atoms with Crippen molar-refractivity contribution >= 4 is 51.9 Å². The first kappa shape index (κ1) is 24.6. The van der Waals surface area contributed by atoms with E-state index in [0.717, 1.165) is 22.5 Å². The summed E-state index contributed by atoms with van der Waals surface area (Å²) in [6.45, 7) is 5.67. The van der Waals surface area contributed by atoms with Gasteiger partial charge in [-0.15, -0.1) is 0 Å². The van der Waals surface area contributed by atoms with E-state index in [1.165, 1.54) is 23.9 Å². The van der Waals surface area contributed by atoms with Crippen LogP contribution in [0.15, 0.2) is 59.5 Å². The number of nitrogens with zero attached hydrogens (tertiary/aromatic N) is 2. The first-order chi connectivity index (χ1) is 16.8. The van der Waals surface area contributed by atoms with Gasteiger partial charge in [-0.25, -0.2) is 0 Å². The Morgan fingerprint density at radius 3 is 2.37 bits per heavy atom. The average Bonchev–Trinajstić information content (AvgIpc) is 3.30. The number of carbonyl (C=O) groups is 2. The van der Waals surface area contributed by atoms with Crippen LogP contribution in [0.5, 0.6) is 11.5 Å². The lowest BCUT2D eigenvalue weighted by atomic mass is 10.2.